The average molecular weight is 467 g/mol. The number of nitro groups is 1. The molecule has 2 aliphatic rings. The van der Waals surface area contributed by atoms with Gasteiger partial charge in [0.05, 0.1) is 34.3 Å². The number of non-ortho nitro benzene ring substituents is 1. The Balaban J connectivity index is 1.76. The zero-order chi connectivity index (χ0) is 23.8. The second-order valence-corrected chi connectivity index (χ2v) is 8.63. The first-order valence-electron chi connectivity index (χ1n) is 9.56. The van der Waals surface area contributed by atoms with Gasteiger partial charge in [-0.1, -0.05) is 0 Å². The Morgan fingerprint density at radius 3 is 2.15 bits per heavy atom. The summed E-state index contributed by atoms with van der Waals surface area (Å²) in [5.41, 5.74) is 2.81. The number of hydrogen-bond donors (Lipinski definition) is 2. The summed E-state index contributed by atoms with van der Waals surface area (Å²) in [6.07, 6.45) is 3.01. The zero-order valence-corrected chi connectivity index (χ0v) is 17.8. The van der Waals surface area contributed by atoms with Crippen molar-refractivity contribution >= 4 is 32.8 Å². The molecule has 3 N–H and O–H groups in total. The number of nitro benzene ring substituents is 1. The molecule has 0 fully saturated rings. The lowest BCUT2D eigenvalue weighted by atomic mass is 9.86. The van der Waals surface area contributed by atoms with Crippen LogP contribution < -0.4 is 10.9 Å². The summed E-state index contributed by atoms with van der Waals surface area (Å²) in [6, 6.07) is 10.9. The molecule has 0 amide bonds. The molecule has 1 aliphatic heterocycles. The molecule has 0 saturated carbocycles. The van der Waals surface area contributed by atoms with E-state index in [0.29, 0.717) is 28.1 Å². The molecule has 12 heteroatoms. The summed E-state index contributed by atoms with van der Waals surface area (Å²) in [4.78, 5) is 23.3. The molecular formula is C21H17N5O6S. The molecule has 11 nitrogen and oxygen atoms in total. The van der Waals surface area contributed by atoms with E-state index in [1.54, 1.807) is 18.2 Å². The van der Waals surface area contributed by atoms with Crippen molar-refractivity contribution in [3.63, 3.8) is 0 Å². The smallest absolute Gasteiger partial charge is 0.289 e. The van der Waals surface area contributed by atoms with Gasteiger partial charge >= 0.3 is 0 Å². The van der Waals surface area contributed by atoms with Crippen molar-refractivity contribution < 1.29 is 22.7 Å². The SMILES string of the molecule is NN(C1=CC(=O)C(=C2CN=NC2)C(c2ccc([N+](=O)[O-])cc2)=C1)c1ccc(S(=O)(=O)O)cc1. The minimum absolute atomic E-state index is 0.0864. The van der Waals surface area contributed by atoms with Crippen molar-refractivity contribution in [1.29, 1.82) is 0 Å². The van der Waals surface area contributed by atoms with E-state index in [0.717, 1.165) is 5.57 Å². The minimum Gasteiger partial charge on any atom is -0.289 e. The molecule has 0 aromatic heterocycles. The van der Waals surface area contributed by atoms with Crippen molar-refractivity contribution in [2.45, 2.75) is 4.90 Å². The largest absolute Gasteiger partial charge is 0.294 e. The highest BCUT2D eigenvalue weighted by Crippen LogP contribution is 2.35. The summed E-state index contributed by atoms with van der Waals surface area (Å²) in [5.74, 6) is 5.88. The van der Waals surface area contributed by atoms with E-state index in [1.807, 2.05) is 0 Å². The van der Waals surface area contributed by atoms with Crippen LogP contribution in [0.1, 0.15) is 5.56 Å². The topological polar surface area (TPSA) is 169 Å². The van der Waals surface area contributed by atoms with Crippen LogP contribution in [0.25, 0.3) is 5.57 Å². The average Bonchev–Trinajstić information content (AvgIpc) is 3.32. The Labute approximate surface area is 188 Å². The molecule has 2 aromatic rings. The maximum absolute atomic E-state index is 13.1. The molecule has 0 atom stereocenters. The number of nitrogens with zero attached hydrogens (tertiary/aromatic N) is 4. The predicted octanol–water partition coefficient (Wildman–Crippen LogP) is 2.83. The number of rotatable bonds is 5. The van der Waals surface area contributed by atoms with E-state index in [4.69, 9.17) is 10.4 Å². The standard InChI is InChI=1S/C21H17N5O6S/c22-25(15-5-7-18(8-6-15)33(30,31)32)17-9-19(13-1-3-16(4-2-13)26(28)29)21(20(27)10-17)14-11-23-24-12-14/h1-10H,11-12,22H2,(H,30,31,32). The van der Waals surface area contributed by atoms with Gasteiger partial charge < -0.3 is 0 Å². The van der Waals surface area contributed by atoms with Gasteiger partial charge in [0, 0.05) is 23.8 Å². The molecule has 0 spiro atoms. The van der Waals surface area contributed by atoms with Crippen LogP contribution in [0.3, 0.4) is 0 Å². The highest BCUT2D eigenvalue weighted by atomic mass is 32.2. The Kier molecular flexibility index (Phi) is 5.72. The molecule has 0 unspecified atom stereocenters. The van der Waals surface area contributed by atoms with Crippen molar-refractivity contribution in [2.24, 2.45) is 16.1 Å². The molecule has 4 rings (SSSR count). The van der Waals surface area contributed by atoms with Gasteiger partial charge in [-0.15, -0.1) is 0 Å². The highest BCUT2D eigenvalue weighted by molar-refractivity contribution is 7.85. The molecule has 0 saturated heterocycles. The lowest BCUT2D eigenvalue weighted by Gasteiger charge is -2.25. The second kappa shape index (κ2) is 8.50. The number of hydrazine groups is 1. The summed E-state index contributed by atoms with van der Waals surface area (Å²) < 4.78 is 31.7. The predicted molar refractivity (Wildman–Crippen MR) is 119 cm³/mol. The summed E-state index contributed by atoms with van der Waals surface area (Å²) in [5, 5.41) is 20.1. The number of carbonyl (C=O) groups excluding carboxylic acids is 1. The van der Waals surface area contributed by atoms with Crippen LogP contribution in [-0.2, 0) is 14.9 Å². The Hall–Kier alpha value is -4.00. The van der Waals surface area contributed by atoms with Crippen LogP contribution in [-0.4, -0.2) is 36.8 Å². The van der Waals surface area contributed by atoms with Gasteiger partial charge in [-0.25, -0.2) is 5.84 Å². The Morgan fingerprint density at radius 1 is 1.00 bits per heavy atom. The molecule has 168 valence electrons. The van der Waals surface area contributed by atoms with E-state index in [2.05, 4.69) is 10.2 Å². The molecule has 33 heavy (non-hydrogen) atoms. The van der Waals surface area contributed by atoms with E-state index >= 15 is 0 Å². The molecule has 0 radical (unpaired) electrons. The lowest BCUT2D eigenvalue weighted by Crippen LogP contribution is -2.31. The van der Waals surface area contributed by atoms with Gasteiger partial charge in [0.1, 0.15) is 0 Å². The minimum atomic E-state index is -4.36. The maximum Gasteiger partial charge on any atom is 0.294 e. The number of benzene rings is 2. The van der Waals surface area contributed by atoms with E-state index in [1.165, 1.54) is 47.5 Å². The van der Waals surface area contributed by atoms with Crippen LogP contribution in [0.15, 0.2) is 92.7 Å². The van der Waals surface area contributed by atoms with Gasteiger partial charge in [-0.2, -0.15) is 18.6 Å². The number of carbonyl (C=O) groups is 1. The van der Waals surface area contributed by atoms with Gasteiger partial charge in [-0.3, -0.25) is 24.5 Å². The quantitative estimate of drug-likeness (QED) is 0.222. The van der Waals surface area contributed by atoms with Crippen molar-refractivity contribution in [1.82, 2.24) is 0 Å². The van der Waals surface area contributed by atoms with E-state index in [-0.39, 0.29) is 29.5 Å². The fraction of sp³-hybridized carbons (Fsp3) is 0.0952. The number of azo groups is 1. The first kappa shape index (κ1) is 22.2. The van der Waals surface area contributed by atoms with Crippen LogP contribution >= 0.6 is 0 Å². The van der Waals surface area contributed by atoms with Crippen molar-refractivity contribution in [2.75, 3.05) is 18.1 Å². The van der Waals surface area contributed by atoms with E-state index < -0.39 is 15.0 Å². The summed E-state index contributed by atoms with van der Waals surface area (Å²) >= 11 is 0. The Morgan fingerprint density at radius 2 is 1.61 bits per heavy atom. The lowest BCUT2D eigenvalue weighted by molar-refractivity contribution is -0.384. The van der Waals surface area contributed by atoms with Crippen molar-refractivity contribution in [3.05, 3.63) is 93.2 Å². The van der Waals surface area contributed by atoms with Crippen LogP contribution in [0, 0.1) is 10.1 Å². The normalized spacial score (nSPS) is 16.0. The fourth-order valence-electron chi connectivity index (χ4n) is 3.50. The third-order valence-corrected chi connectivity index (χ3v) is 6.01. The Bertz CT molecular complexity index is 1360. The van der Waals surface area contributed by atoms with Crippen LogP contribution in [0.2, 0.25) is 0 Å². The molecule has 0 bridgehead atoms. The highest BCUT2D eigenvalue weighted by Gasteiger charge is 2.27. The number of hydrogen-bond acceptors (Lipinski definition) is 9. The summed E-state index contributed by atoms with van der Waals surface area (Å²) in [6.45, 7) is 0.552. The van der Waals surface area contributed by atoms with Gasteiger partial charge in [0.2, 0.25) is 0 Å². The molecule has 1 heterocycles. The third-order valence-electron chi connectivity index (χ3n) is 5.14. The monoisotopic (exact) mass is 467 g/mol. The number of nitrogens with two attached hydrogens (primary N) is 1. The fourth-order valence-corrected chi connectivity index (χ4v) is 3.98. The summed E-state index contributed by atoms with van der Waals surface area (Å²) in [7, 11) is -4.36. The van der Waals surface area contributed by atoms with Crippen LogP contribution in [0.4, 0.5) is 11.4 Å². The van der Waals surface area contributed by atoms with Gasteiger partial charge in [0.15, 0.2) is 5.78 Å². The molecule has 1 aliphatic carbocycles. The van der Waals surface area contributed by atoms with Gasteiger partial charge in [-0.05, 0) is 59.2 Å². The first-order chi connectivity index (χ1) is 15.6. The number of allylic oxidation sites excluding steroid dienone is 4. The van der Waals surface area contributed by atoms with Crippen molar-refractivity contribution in [3.8, 4) is 0 Å². The third kappa shape index (κ3) is 4.48. The zero-order valence-electron chi connectivity index (χ0n) is 17.0. The van der Waals surface area contributed by atoms with E-state index in [9.17, 15) is 23.3 Å². The van der Waals surface area contributed by atoms with Gasteiger partial charge in [0.25, 0.3) is 15.8 Å². The molecular weight excluding hydrogens is 450 g/mol. The second-order valence-electron chi connectivity index (χ2n) is 7.21. The number of anilines is 1. The van der Waals surface area contributed by atoms with Crippen LogP contribution in [0.5, 0.6) is 0 Å². The number of ketones is 1. The maximum atomic E-state index is 13.1. The molecule has 2 aromatic carbocycles. The first-order valence-corrected chi connectivity index (χ1v) is 11.0.